The van der Waals surface area contributed by atoms with E-state index in [2.05, 4.69) is 10.3 Å². The van der Waals surface area contributed by atoms with Crippen LogP contribution in [0.1, 0.15) is 34.6 Å². The Morgan fingerprint density at radius 3 is 2.52 bits per heavy atom. The van der Waals surface area contributed by atoms with Crippen molar-refractivity contribution in [2.75, 3.05) is 6.26 Å². The Bertz CT molecular complexity index is 692. The zero-order valence-electron chi connectivity index (χ0n) is 12.3. The van der Waals surface area contributed by atoms with E-state index in [-0.39, 0.29) is 22.9 Å². The minimum atomic E-state index is -0.363. The quantitative estimate of drug-likeness (QED) is 0.854. The highest BCUT2D eigenvalue weighted by molar-refractivity contribution is 7.98. The van der Waals surface area contributed by atoms with E-state index in [9.17, 15) is 9.59 Å². The molecular weight excluding hydrogens is 284 g/mol. The first kappa shape index (κ1) is 15.4. The number of thioether (sulfide) groups is 1. The lowest BCUT2D eigenvalue weighted by Gasteiger charge is -2.14. The Morgan fingerprint density at radius 2 is 1.95 bits per heavy atom. The van der Waals surface area contributed by atoms with Crippen molar-refractivity contribution >= 4 is 17.7 Å². The fraction of sp³-hybridized carbons (Fsp3) is 0.250. The molecule has 2 rings (SSSR count). The molecule has 0 fully saturated rings. The monoisotopic (exact) mass is 302 g/mol. The van der Waals surface area contributed by atoms with Crippen LogP contribution in [0.15, 0.2) is 46.2 Å². The number of amides is 1. The predicted molar refractivity (Wildman–Crippen MR) is 85.9 cm³/mol. The molecule has 21 heavy (non-hydrogen) atoms. The lowest BCUT2D eigenvalue weighted by Crippen LogP contribution is -2.30. The first-order valence-corrected chi connectivity index (χ1v) is 7.88. The van der Waals surface area contributed by atoms with Gasteiger partial charge in [0, 0.05) is 22.9 Å². The van der Waals surface area contributed by atoms with Crippen molar-refractivity contribution in [1.29, 1.82) is 0 Å². The summed E-state index contributed by atoms with van der Waals surface area (Å²) in [5.41, 5.74) is 1.60. The van der Waals surface area contributed by atoms with Crippen LogP contribution in [-0.2, 0) is 0 Å². The fourth-order valence-electron chi connectivity index (χ4n) is 2.00. The third-order valence-electron chi connectivity index (χ3n) is 3.27. The van der Waals surface area contributed by atoms with Gasteiger partial charge in [-0.2, -0.15) is 0 Å². The molecule has 1 heterocycles. The second-order valence-corrected chi connectivity index (χ2v) is 5.74. The summed E-state index contributed by atoms with van der Waals surface area (Å²) in [7, 11) is 0. The lowest BCUT2D eigenvalue weighted by atomic mass is 10.1. The highest BCUT2D eigenvalue weighted by Crippen LogP contribution is 2.19. The minimum Gasteiger partial charge on any atom is -0.364 e. The van der Waals surface area contributed by atoms with Gasteiger partial charge in [-0.15, -0.1) is 11.8 Å². The zero-order chi connectivity index (χ0) is 15.4. The molecule has 0 radical (unpaired) electrons. The van der Waals surface area contributed by atoms with Crippen LogP contribution >= 0.6 is 11.8 Å². The van der Waals surface area contributed by atoms with Gasteiger partial charge in [-0.3, -0.25) is 9.59 Å². The molecule has 0 spiro atoms. The molecule has 110 valence electrons. The SMILES string of the molecule is CSc1ccc(C(C)NC(=O)c2c[nH]c(C)cc2=O)cc1. The number of benzene rings is 1. The van der Waals surface area contributed by atoms with Gasteiger partial charge in [-0.05, 0) is 37.8 Å². The molecule has 1 aromatic heterocycles. The topological polar surface area (TPSA) is 62.0 Å². The molecule has 0 aliphatic carbocycles. The zero-order valence-corrected chi connectivity index (χ0v) is 13.1. The van der Waals surface area contributed by atoms with E-state index in [1.807, 2.05) is 37.4 Å². The third-order valence-corrected chi connectivity index (χ3v) is 4.01. The number of rotatable bonds is 4. The van der Waals surface area contributed by atoms with Gasteiger partial charge in [-0.1, -0.05) is 12.1 Å². The summed E-state index contributed by atoms with van der Waals surface area (Å²) < 4.78 is 0. The first-order chi connectivity index (χ1) is 10.0. The van der Waals surface area contributed by atoms with Crippen molar-refractivity contribution < 1.29 is 4.79 Å². The molecule has 2 N–H and O–H groups in total. The molecule has 2 aromatic rings. The fourth-order valence-corrected chi connectivity index (χ4v) is 2.41. The molecule has 1 amide bonds. The second kappa shape index (κ2) is 6.63. The third kappa shape index (κ3) is 3.76. The Balaban J connectivity index is 2.12. The van der Waals surface area contributed by atoms with Crippen LogP contribution in [0.5, 0.6) is 0 Å². The van der Waals surface area contributed by atoms with Crippen molar-refractivity contribution in [1.82, 2.24) is 10.3 Å². The number of aryl methyl sites for hydroxylation is 1. The molecule has 1 aromatic carbocycles. The van der Waals surface area contributed by atoms with Gasteiger partial charge in [-0.25, -0.2) is 0 Å². The van der Waals surface area contributed by atoms with Gasteiger partial charge >= 0.3 is 0 Å². The van der Waals surface area contributed by atoms with Gasteiger partial charge in [0.15, 0.2) is 5.43 Å². The van der Waals surface area contributed by atoms with Gasteiger partial charge in [0.05, 0.1) is 6.04 Å². The minimum absolute atomic E-state index is 0.133. The van der Waals surface area contributed by atoms with E-state index in [1.54, 1.807) is 18.7 Å². The molecular formula is C16H18N2O2S. The Morgan fingerprint density at radius 1 is 1.29 bits per heavy atom. The number of nitrogens with one attached hydrogen (secondary N) is 2. The summed E-state index contributed by atoms with van der Waals surface area (Å²) in [6, 6.07) is 9.26. The Hall–Kier alpha value is -2.01. The number of aromatic nitrogens is 1. The van der Waals surface area contributed by atoms with Crippen LogP contribution in [0, 0.1) is 6.92 Å². The number of hydrogen-bond donors (Lipinski definition) is 2. The highest BCUT2D eigenvalue weighted by atomic mass is 32.2. The molecule has 0 aliphatic heterocycles. The number of aromatic amines is 1. The average molecular weight is 302 g/mol. The van der Waals surface area contributed by atoms with Crippen molar-refractivity contribution in [3.63, 3.8) is 0 Å². The number of carbonyl (C=O) groups excluding carboxylic acids is 1. The van der Waals surface area contributed by atoms with Crippen molar-refractivity contribution in [3.05, 3.63) is 63.6 Å². The molecule has 5 heteroatoms. The van der Waals surface area contributed by atoms with Gasteiger partial charge in [0.1, 0.15) is 5.56 Å². The molecule has 4 nitrogen and oxygen atoms in total. The van der Waals surface area contributed by atoms with Gasteiger partial charge in [0.2, 0.25) is 0 Å². The maximum absolute atomic E-state index is 12.1. The van der Waals surface area contributed by atoms with Crippen molar-refractivity contribution in [3.8, 4) is 0 Å². The second-order valence-electron chi connectivity index (χ2n) is 4.86. The van der Waals surface area contributed by atoms with Gasteiger partial charge in [0.25, 0.3) is 5.91 Å². The van der Waals surface area contributed by atoms with E-state index < -0.39 is 0 Å². The Kier molecular flexibility index (Phi) is 4.85. The van der Waals surface area contributed by atoms with E-state index >= 15 is 0 Å². The number of carbonyl (C=O) groups is 1. The maximum atomic E-state index is 12.1. The standard InChI is InChI=1S/C16H18N2O2S/c1-10-8-15(19)14(9-17-10)16(20)18-11(2)12-4-6-13(21-3)7-5-12/h4-9,11H,1-3H3,(H,17,19)(H,18,20). The summed E-state index contributed by atoms with van der Waals surface area (Å²) in [4.78, 5) is 28.0. The van der Waals surface area contributed by atoms with Crippen molar-refractivity contribution in [2.45, 2.75) is 24.8 Å². The van der Waals surface area contributed by atoms with Crippen LogP contribution in [0.3, 0.4) is 0 Å². The summed E-state index contributed by atoms with van der Waals surface area (Å²) >= 11 is 1.67. The summed E-state index contributed by atoms with van der Waals surface area (Å²) in [6.07, 6.45) is 3.47. The lowest BCUT2D eigenvalue weighted by molar-refractivity contribution is 0.0938. The summed E-state index contributed by atoms with van der Waals surface area (Å²) in [5.74, 6) is -0.363. The number of pyridine rings is 1. The van der Waals surface area contributed by atoms with E-state index in [4.69, 9.17) is 0 Å². The van der Waals surface area contributed by atoms with Crippen LogP contribution < -0.4 is 10.7 Å². The largest absolute Gasteiger partial charge is 0.364 e. The first-order valence-electron chi connectivity index (χ1n) is 6.65. The van der Waals surface area contributed by atoms with E-state index in [0.717, 1.165) is 11.3 Å². The summed E-state index contributed by atoms with van der Waals surface area (Å²) in [6.45, 7) is 3.67. The van der Waals surface area contributed by atoms with Crippen LogP contribution in [0.25, 0.3) is 0 Å². The van der Waals surface area contributed by atoms with Crippen LogP contribution in [-0.4, -0.2) is 17.1 Å². The molecule has 0 bridgehead atoms. The summed E-state index contributed by atoms with van der Waals surface area (Å²) in [5, 5.41) is 2.84. The Labute approximate surface area is 128 Å². The average Bonchev–Trinajstić information content (AvgIpc) is 2.47. The number of hydrogen-bond acceptors (Lipinski definition) is 3. The van der Waals surface area contributed by atoms with E-state index in [1.165, 1.54) is 17.2 Å². The van der Waals surface area contributed by atoms with E-state index in [0.29, 0.717) is 0 Å². The van der Waals surface area contributed by atoms with Crippen molar-refractivity contribution in [2.24, 2.45) is 0 Å². The molecule has 0 aliphatic rings. The maximum Gasteiger partial charge on any atom is 0.257 e. The molecule has 0 saturated heterocycles. The molecule has 0 saturated carbocycles. The molecule has 1 atom stereocenters. The number of H-pyrrole nitrogens is 1. The molecule has 1 unspecified atom stereocenters. The smallest absolute Gasteiger partial charge is 0.257 e. The van der Waals surface area contributed by atoms with Gasteiger partial charge < -0.3 is 10.3 Å². The van der Waals surface area contributed by atoms with Crippen LogP contribution in [0.4, 0.5) is 0 Å². The normalized spacial score (nSPS) is 12.0. The highest BCUT2D eigenvalue weighted by Gasteiger charge is 2.14. The van der Waals surface area contributed by atoms with Crippen LogP contribution in [0.2, 0.25) is 0 Å². The predicted octanol–water partition coefficient (Wildman–Crippen LogP) is 2.90.